The van der Waals surface area contributed by atoms with E-state index in [-0.39, 0.29) is 5.78 Å². The molecule has 5 heteroatoms. The van der Waals surface area contributed by atoms with Gasteiger partial charge >= 0.3 is 0 Å². The zero-order chi connectivity index (χ0) is 15.8. The number of benzene rings is 1. The molecule has 2 N–H and O–H groups in total. The first-order chi connectivity index (χ1) is 9.69. The summed E-state index contributed by atoms with van der Waals surface area (Å²) in [7, 11) is -1.48. The zero-order valence-electron chi connectivity index (χ0n) is 12.9. The first-order valence-corrected chi connectivity index (χ1v) is 11.6. The lowest BCUT2D eigenvalue weighted by molar-refractivity contribution is 0.0625. The molecule has 1 aliphatic rings. The van der Waals surface area contributed by atoms with Crippen molar-refractivity contribution < 1.29 is 9.90 Å². The van der Waals surface area contributed by atoms with E-state index in [1.54, 1.807) is 18.2 Å². The van der Waals surface area contributed by atoms with E-state index in [1.165, 1.54) is 11.8 Å². The number of Topliss-reactive ketones (excluding diaryl/α,β-unsaturated/α-hetero) is 1. The molecule has 1 heterocycles. The molecule has 0 spiro atoms. The van der Waals surface area contributed by atoms with Crippen molar-refractivity contribution in [2.24, 2.45) is 0 Å². The number of carbonyl (C=O) groups excluding carboxylic acids is 1. The highest BCUT2D eigenvalue weighted by molar-refractivity contribution is 8.02. The zero-order valence-corrected chi connectivity index (χ0v) is 14.7. The molecule has 0 bridgehead atoms. The average molecular weight is 320 g/mol. The van der Waals surface area contributed by atoms with Crippen molar-refractivity contribution >= 4 is 31.3 Å². The normalized spacial score (nSPS) is 22.0. The SMILES string of the molecule is C=C(/C(=C\[Si](C)(C)C)SC)C1(O)Nc2ccccc2C1=O. The van der Waals surface area contributed by atoms with Crippen molar-refractivity contribution in [3.05, 3.63) is 52.6 Å². The van der Waals surface area contributed by atoms with E-state index in [0.29, 0.717) is 16.8 Å². The topological polar surface area (TPSA) is 49.3 Å². The number of fused-ring (bicyclic) bond motifs is 1. The largest absolute Gasteiger partial charge is 0.361 e. The Morgan fingerprint density at radius 2 is 2.00 bits per heavy atom. The Balaban J connectivity index is 2.41. The van der Waals surface area contributed by atoms with Gasteiger partial charge in [-0.15, -0.1) is 11.8 Å². The molecule has 0 aromatic heterocycles. The Bertz CT molecular complexity index is 633. The van der Waals surface area contributed by atoms with E-state index in [1.807, 2.05) is 12.3 Å². The lowest BCUT2D eigenvalue weighted by Gasteiger charge is -2.27. The molecule has 21 heavy (non-hydrogen) atoms. The summed E-state index contributed by atoms with van der Waals surface area (Å²) in [5.41, 5.74) is 2.02. The van der Waals surface area contributed by atoms with Crippen LogP contribution in [0.25, 0.3) is 0 Å². The maximum absolute atomic E-state index is 12.5. The second-order valence-corrected chi connectivity index (χ2v) is 12.1. The minimum Gasteiger partial charge on any atom is -0.361 e. The predicted octanol–water partition coefficient (Wildman–Crippen LogP) is 3.66. The first-order valence-electron chi connectivity index (χ1n) is 6.80. The predicted molar refractivity (Wildman–Crippen MR) is 93.4 cm³/mol. The van der Waals surface area contributed by atoms with Crippen LogP contribution in [0.15, 0.2) is 47.0 Å². The van der Waals surface area contributed by atoms with E-state index in [0.717, 1.165) is 4.91 Å². The maximum atomic E-state index is 12.5. The second kappa shape index (κ2) is 5.48. The Morgan fingerprint density at radius 3 is 2.52 bits per heavy atom. The maximum Gasteiger partial charge on any atom is 0.228 e. The fraction of sp³-hybridized carbons (Fsp3) is 0.312. The third kappa shape index (κ3) is 3.00. The molecule has 1 aliphatic heterocycles. The number of para-hydroxylation sites is 1. The molecule has 0 radical (unpaired) electrons. The summed E-state index contributed by atoms with van der Waals surface area (Å²) < 4.78 is 0. The first kappa shape index (κ1) is 16.1. The molecule has 2 rings (SSSR count). The van der Waals surface area contributed by atoms with E-state index in [2.05, 4.69) is 37.2 Å². The van der Waals surface area contributed by atoms with Crippen molar-refractivity contribution in [1.29, 1.82) is 0 Å². The third-order valence-corrected chi connectivity index (χ3v) is 5.50. The number of aliphatic hydroxyl groups is 1. The van der Waals surface area contributed by atoms with Gasteiger partial charge in [0.2, 0.25) is 11.5 Å². The van der Waals surface area contributed by atoms with E-state index in [9.17, 15) is 9.90 Å². The Hall–Kier alpha value is -1.30. The number of hydrogen-bond acceptors (Lipinski definition) is 4. The van der Waals surface area contributed by atoms with Crippen LogP contribution in [-0.4, -0.2) is 30.9 Å². The molecule has 0 aliphatic carbocycles. The fourth-order valence-corrected chi connectivity index (χ4v) is 5.18. The van der Waals surface area contributed by atoms with Crippen molar-refractivity contribution in [1.82, 2.24) is 0 Å². The van der Waals surface area contributed by atoms with Crippen molar-refractivity contribution in [3.8, 4) is 0 Å². The number of carbonyl (C=O) groups is 1. The molecule has 0 saturated heterocycles. The number of hydrogen-bond donors (Lipinski definition) is 2. The third-order valence-electron chi connectivity index (χ3n) is 3.33. The molecule has 0 saturated carbocycles. The van der Waals surface area contributed by atoms with E-state index < -0.39 is 13.8 Å². The molecular formula is C16H21NO2SSi. The summed E-state index contributed by atoms with van der Waals surface area (Å²) in [6.45, 7) is 10.6. The lowest BCUT2D eigenvalue weighted by Crippen LogP contribution is -2.43. The standard InChI is InChI=1S/C16H21NO2SSi/c1-11(14(20-2)10-21(3,4)5)16(19)15(18)12-8-6-7-9-13(12)17-16/h6-10,17,19H,1H2,2-5H3/b14-10+. The summed E-state index contributed by atoms with van der Waals surface area (Å²) in [6, 6.07) is 7.14. The Morgan fingerprint density at radius 1 is 1.38 bits per heavy atom. The van der Waals surface area contributed by atoms with Gasteiger partial charge in [-0.3, -0.25) is 4.79 Å². The summed E-state index contributed by atoms with van der Waals surface area (Å²) in [5.74, 6) is -0.335. The minimum atomic E-state index is -1.74. The minimum absolute atomic E-state index is 0.335. The molecule has 1 unspecified atom stereocenters. The highest BCUT2D eigenvalue weighted by Gasteiger charge is 2.46. The lowest BCUT2D eigenvalue weighted by atomic mass is 9.98. The molecular weight excluding hydrogens is 298 g/mol. The van der Waals surface area contributed by atoms with Crippen LogP contribution in [0.1, 0.15) is 10.4 Å². The van der Waals surface area contributed by atoms with Crippen LogP contribution in [-0.2, 0) is 0 Å². The number of rotatable bonds is 4. The highest BCUT2D eigenvalue weighted by Crippen LogP contribution is 2.39. The van der Waals surface area contributed by atoms with Gasteiger partial charge < -0.3 is 10.4 Å². The van der Waals surface area contributed by atoms with Gasteiger partial charge in [0, 0.05) is 21.7 Å². The molecule has 112 valence electrons. The monoisotopic (exact) mass is 319 g/mol. The van der Waals surface area contributed by atoms with Crippen LogP contribution in [0.2, 0.25) is 19.6 Å². The number of nitrogens with one attached hydrogen (secondary N) is 1. The van der Waals surface area contributed by atoms with E-state index in [4.69, 9.17) is 0 Å². The van der Waals surface area contributed by atoms with Gasteiger partial charge in [0.05, 0.1) is 8.07 Å². The molecule has 3 nitrogen and oxygen atoms in total. The van der Waals surface area contributed by atoms with Gasteiger partial charge in [-0.05, 0) is 18.4 Å². The van der Waals surface area contributed by atoms with Crippen molar-refractivity contribution in [3.63, 3.8) is 0 Å². The summed E-state index contributed by atoms with van der Waals surface area (Å²) in [5, 5.41) is 13.8. The Kier molecular flexibility index (Phi) is 4.19. The number of ketones is 1. The fourth-order valence-electron chi connectivity index (χ4n) is 2.29. The van der Waals surface area contributed by atoms with E-state index >= 15 is 0 Å². The highest BCUT2D eigenvalue weighted by atomic mass is 32.2. The van der Waals surface area contributed by atoms with Gasteiger partial charge in [-0.2, -0.15) is 0 Å². The van der Waals surface area contributed by atoms with Crippen LogP contribution in [0.4, 0.5) is 5.69 Å². The molecule has 1 atom stereocenters. The van der Waals surface area contributed by atoms with Gasteiger partial charge in [-0.25, -0.2) is 0 Å². The smallest absolute Gasteiger partial charge is 0.228 e. The number of thioether (sulfide) groups is 1. The molecule has 1 aromatic carbocycles. The van der Waals surface area contributed by atoms with Crippen LogP contribution in [0, 0.1) is 0 Å². The summed E-state index contributed by atoms with van der Waals surface area (Å²) in [6.07, 6.45) is 1.94. The van der Waals surface area contributed by atoms with Crippen LogP contribution < -0.4 is 5.32 Å². The van der Waals surface area contributed by atoms with Crippen LogP contribution in [0.5, 0.6) is 0 Å². The quantitative estimate of drug-likeness (QED) is 0.657. The molecule has 0 amide bonds. The Labute approximate surface area is 131 Å². The van der Waals surface area contributed by atoms with Gasteiger partial charge in [0.1, 0.15) is 0 Å². The van der Waals surface area contributed by atoms with Crippen molar-refractivity contribution in [2.45, 2.75) is 25.4 Å². The van der Waals surface area contributed by atoms with Gasteiger partial charge in [0.25, 0.3) is 0 Å². The van der Waals surface area contributed by atoms with Crippen LogP contribution >= 0.6 is 11.8 Å². The average Bonchev–Trinajstić information content (AvgIpc) is 2.68. The molecule has 1 aromatic rings. The summed E-state index contributed by atoms with van der Waals surface area (Å²) in [4.78, 5) is 13.4. The second-order valence-electron chi connectivity index (χ2n) is 6.27. The van der Waals surface area contributed by atoms with Gasteiger partial charge in [0.15, 0.2) is 0 Å². The van der Waals surface area contributed by atoms with Crippen LogP contribution in [0.3, 0.4) is 0 Å². The van der Waals surface area contributed by atoms with Gasteiger partial charge in [-0.1, -0.05) is 44.1 Å². The molecule has 0 fully saturated rings. The summed E-state index contributed by atoms with van der Waals surface area (Å²) >= 11 is 1.52. The number of anilines is 1. The van der Waals surface area contributed by atoms with Crippen molar-refractivity contribution in [2.75, 3.05) is 11.6 Å².